The van der Waals surface area contributed by atoms with Crippen LogP contribution < -0.4 is 17.0 Å². The minimum atomic E-state index is -0.905. The van der Waals surface area contributed by atoms with E-state index in [1.165, 1.54) is 6.26 Å². The lowest BCUT2D eigenvalue weighted by atomic mass is 10.1. The van der Waals surface area contributed by atoms with Crippen molar-refractivity contribution in [3.05, 3.63) is 62.0 Å². The number of aromatic amines is 1. The van der Waals surface area contributed by atoms with Gasteiger partial charge < -0.3 is 14.9 Å². The van der Waals surface area contributed by atoms with Gasteiger partial charge in [0.2, 0.25) is 5.78 Å². The summed E-state index contributed by atoms with van der Waals surface area (Å²) in [6.45, 7) is 3.33. The van der Waals surface area contributed by atoms with E-state index >= 15 is 0 Å². The van der Waals surface area contributed by atoms with Crippen molar-refractivity contribution < 1.29 is 18.7 Å². The van der Waals surface area contributed by atoms with Crippen LogP contribution in [0.4, 0.5) is 5.82 Å². The van der Waals surface area contributed by atoms with Crippen molar-refractivity contribution >= 4 is 28.5 Å². The van der Waals surface area contributed by atoms with Gasteiger partial charge in [-0.3, -0.25) is 23.9 Å². The number of Topliss-reactive ketones (excluding diaryl/α,β-unsaturated/α-hetero) is 1. The number of ketones is 1. The molecule has 3 rings (SSSR count). The lowest BCUT2D eigenvalue weighted by Crippen LogP contribution is -2.37. The molecule has 9 nitrogen and oxygen atoms in total. The van der Waals surface area contributed by atoms with E-state index in [-0.39, 0.29) is 18.8 Å². The van der Waals surface area contributed by atoms with Crippen LogP contribution in [0.2, 0.25) is 0 Å². The van der Waals surface area contributed by atoms with E-state index in [0.29, 0.717) is 17.6 Å². The number of ether oxygens (including phenoxy) is 1. The van der Waals surface area contributed by atoms with Crippen molar-refractivity contribution in [2.24, 2.45) is 0 Å². The molecule has 0 amide bonds. The quantitative estimate of drug-likeness (QED) is 0.454. The summed E-state index contributed by atoms with van der Waals surface area (Å²) >= 11 is 0. The van der Waals surface area contributed by atoms with Crippen LogP contribution in [-0.4, -0.2) is 27.9 Å². The molecule has 0 bridgehead atoms. The Balaban J connectivity index is 1.72. The average Bonchev–Trinajstić information content (AvgIpc) is 3.05. The fourth-order valence-electron chi connectivity index (χ4n) is 3.05. The van der Waals surface area contributed by atoms with E-state index in [2.05, 4.69) is 4.98 Å². The summed E-state index contributed by atoms with van der Waals surface area (Å²) in [4.78, 5) is 50.5. The van der Waals surface area contributed by atoms with Gasteiger partial charge in [0.1, 0.15) is 17.0 Å². The second-order valence-electron chi connectivity index (χ2n) is 6.69. The number of aryl methyl sites for hydroxylation is 1. The molecule has 3 aromatic rings. The lowest BCUT2D eigenvalue weighted by molar-refractivity contribution is -0.141. The highest BCUT2D eigenvalue weighted by Crippen LogP contribution is 2.23. The van der Waals surface area contributed by atoms with Crippen molar-refractivity contribution in [3.8, 4) is 0 Å². The van der Waals surface area contributed by atoms with Crippen LogP contribution in [0.1, 0.15) is 34.8 Å². The minimum absolute atomic E-state index is 0.0927. The van der Waals surface area contributed by atoms with Crippen molar-refractivity contribution in [3.63, 3.8) is 0 Å². The number of carbonyl (C=O) groups excluding carboxylic acids is 2. The molecule has 2 heterocycles. The Kier molecular flexibility index (Phi) is 5.67. The van der Waals surface area contributed by atoms with E-state index in [4.69, 9.17) is 14.9 Å². The first-order valence-electron chi connectivity index (χ1n) is 9.10. The van der Waals surface area contributed by atoms with Crippen LogP contribution in [0.5, 0.6) is 0 Å². The Morgan fingerprint density at radius 2 is 2.03 bits per heavy atom. The van der Waals surface area contributed by atoms with Crippen LogP contribution >= 0.6 is 0 Å². The van der Waals surface area contributed by atoms with Gasteiger partial charge in [-0.15, -0.1) is 0 Å². The summed E-state index contributed by atoms with van der Waals surface area (Å²) in [6.07, 6.45) is 1.96. The number of nitrogens with zero attached hydrogens (tertiary/aromatic N) is 1. The van der Waals surface area contributed by atoms with Gasteiger partial charge in [0.25, 0.3) is 5.56 Å². The van der Waals surface area contributed by atoms with E-state index < -0.39 is 35.2 Å². The third-order valence-electron chi connectivity index (χ3n) is 4.48. The van der Waals surface area contributed by atoms with E-state index in [9.17, 15) is 19.2 Å². The van der Waals surface area contributed by atoms with Crippen molar-refractivity contribution in [2.45, 2.75) is 33.2 Å². The first kappa shape index (κ1) is 20.1. The zero-order valence-electron chi connectivity index (χ0n) is 16.1. The van der Waals surface area contributed by atoms with Gasteiger partial charge in [0.15, 0.2) is 6.61 Å². The molecular formula is C20H21N3O6. The maximum atomic E-state index is 12.4. The maximum absolute atomic E-state index is 12.4. The number of H-pyrrole nitrogens is 1. The SMILES string of the molecule is CCCn1c(N)c(C(=O)COC(=O)Cc2coc3cc(C)ccc23)c(=O)[nH]c1=O. The Morgan fingerprint density at radius 3 is 2.76 bits per heavy atom. The Morgan fingerprint density at radius 1 is 1.28 bits per heavy atom. The molecule has 0 fully saturated rings. The highest BCUT2D eigenvalue weighted by Gasteiger charge is 2.21. The topological polar surface area (TPSA) is 137 Å². The van der Waals surface area contributed by atoms with Gasteiger partial charge >= 0.3 is 11.7 Å². The van der Waals surface area contributed by atoms with E-state index in [0.717, 1.165) is 15.5 Å². The largest absolute Gasteiger partial charge is 0.464 e. The molecule has 0 unspecified atom stereocenters. The van der Waals surface area contributed by atoms with Gasteiger partial charge in [-0.05, 0) is 25.0 Å². The minimum Gasteiger partial charge on any atom is -0.464 e. The predicted molar refractivity (Wildman–Crippen MR) is 106 cm³/mol. The monoisotopic (exact) mass is 399 g/mol. The number of nitrogens with two attached hydrogens (primary N) is 1. The lowest BCUT2D eigenvalue weighted by Gasteiger charge is -2.11. The van der Waals surface area contributed by atoms with Crippen LogP contribution in [-0.2, 0) is 22.5 Å². The number of hydrogen-bond acceptors (Lipinski definition) is 7. The average molecular weight is 399 g/mol. The zero-order valence-corrected chi connectivity index (χ0v) is 16.1. The molecule has 0 aliphatic rings. The highest BCUT2D eigenvalue weighted by atomic mass is 16.5. The highest BCUT2D eigenvalue weighted by molar-refractivity contribution is 6.01. The standard InChI is InChI=1S/C20H21N3O6/c1-3-6-23-18(21)17(19(26)22-20(23)27)14(24)10-29-16(25)8-12-9-28-15-7-11(2)4-5-13(12)15/h4-5,7,9H,3,6,8,10,21H2,1-2H3,(H,22,26,27). The number of anilines is 1. The number of hydrogen-bond donors (Lipinski definition) is 2. The number of fused-ring (bicyclic) bond motifs is 1. The molecule has 2 aromatic heterocycles. The zero-order chi connectivity index (χ0) is 21.1. The molecule has 152 valence electrons. The van der Waals surface area contributed by atoms with E-state index in [1.807, 2.05) is 32.0 Å². The number of esters is 1. The van der Waals surface area contributed by atoms with Crippen molar-refractivity contribution in [2.75, 3.05) is 12.3 Å². The fourth-order valence-corrected chi connectivity index (χ4v) is 3.05. The van der Waals surface area contributed by atoms with Crippen LogP contribution in [0.25, 0.3) is 11.0 Å². The Labute approximate surface area is 165 Å². The third kappa shape index (κ3) is 4.13. The van der Waals surface area contributed by atoms with Crippen molar-refractivity contribution in [1.82, 2.24) is 9.55 Å². The molecule has 0 aliphatic carbocycles. The molecule has 0 saturated heterocycles. The van der Waals surface area contributed by atoms with Gasteiger partial charge in [0.05, 0.1) is 12.7 Å². The number of furan rings is 1. The van der Waals surface area contributed by atoms with Gasteiger partial charge in [-0.25, -0.2) is 4.79 Å². The fraction of sp³-hybridized carbons (Fsp3) is 0.300. The summed E-state index contributed by atoms with van der Waals surface area (Å²) in [5.74, 6) is -1.68. The Bertz CT molecular complexity index is 1200. The number of nitrogens with one attached hydrogen (secondary N) is 1. The third-order valence-corrected chi connectivity index (χ3v) is 4.48. The molecule has 3 N–H and O–H groups in total. The van der Waals surface area contributed by atoms with Gasteiger partial charge in [-0.1, -0.05) is 19.1 Å². The van der Waals surface area contributed by atoms with Crippen LogP contribution in [0.15, 0.2) is 38.5 Å². The summed E-state index contributed by atoms with van der Waals surface area (Å²) in [7, 11) is 0. The molecule has 0 saturated carbocycles. The molecule has 9 heteroatoms. The number of aromatic nitrogens is 2. The smallest absolute Gasteiger partial charge is 0.329 e. The van der Waals surface area contributed by atoms with Gasteiger partial charge in [0, 0.05) is 17.5 Å². The number of carbonyl (C=O) groups is 2. The Hall–Kier alpha value is -3.62. The summed E-state index contributed by atoms with van der Waals surface area (Å²) in [6, 6.07) is 5.60. The maximum Gasteiger partial charge on any atom is 0.329 e. The molecule has 0 spiro atoms. The number of rotatable bonds is 7. The number of benzene rings is 1. The molecule has 1 aromatic carbocycles. The summed E-state index contributed by atoms with van der Waals surface area (Å²) < 4.78 is 11.6. The first-order chi connectivity index (χ1) is 13.8. The second-order valence-corrected chi connectivity index (χ2v) is 6.69. The summed E-state index contributed by atoms with van der Waals surface area (Å²) in [5.41, 5.74) is 6.15. The van der Waals surface area contributed by atoms with Crippen molar-refractivity contribution in [1.29, 1.82) is 0 Å². The van der Waals surface area contributed by atoms with Crippen LogP contribution in [0.3, 0.4) is 0 Å². The molecular weight excluding hydrogens is 378 g/mol. The molecule has 0 atom stereocenters. The second kappa shape index (κ2) is 8.17. The van der Waals surface area contributed by atoms with Gasteiger partial charge in [-0.2, -0.15) is 0 Å². The molecule has 0 aliphatic heterocycles. The van der Waals surface area contributed by atoms with Crippen LogP contribution in [0, 0.1) is 6.92 Å². The van der Waals surface area contributed by atoms with E-state index in [1.54, 1.807) is 0 Å². The number of nitrogen functional groups attached to an aromatic ring is 1. The predicted octanol–water partition coefficient (Wildman–Crippen LogP) is 1.55. The normalized spacial score (nSPS) is 11.0. The molecule has 0 radical (unpaired) electrons. The summed E-state index contributed by atoms with van der Waals surface area (Å²) in [5, 5.41) is 0.784. The molecule has 29 heavy (non-hydrogen) atoms. The first-order valence-corrected chi connectivity index (χ1v) is 9.10.